The molecule has 2 amide bonds. The Labute approximate surface area is 145 Å². The van der Waals surface area contributed by atoms with Crippen LogP contribution >= 0.6 is 0 Å². The normalized spacial score (nSPS) is 23.1. The van der Waals surface area contributed by atoms with Crippen molar-refractivity contribution in [2.75, 3.05) is 0 Å². The molecule has 1 saturated heterocycles. The average molecular weight is 338 g/mol. The molecule has 0 bridgehead atoms. The number of imide groups is 1. The zero-order chi connectivity index (χ0) is 18.0. The Morgan fingerprint density at radius 3 is 2.28 bits per heavy atom. The van der Waals surface area contributed by atoms with Crippen LogP contribution in [0.15, 0.2) is 36.4 Å². The van der Waals surface area contributed by atoms with Gasteiger partial charge < -0.3 is 4.74 Å². The number of carbonyl (C=O) groups excluding carboxylic acids is 3. The van der Waals surface area contributed by atoms with Gasteiger partial charge in [0.25, 0.3) is 0 Å². The lowest BCUT2D eigenvalue weighted by Gasteiger charge is -2.21. The van der Waals surface area contributed by atoms with Crippen molar-refractivity contribution in [3.05, 3.63) is 47.5 Å². The summed E-state index contributed by atoms with van der Waals surface area (Å²) in [5.74, 6) is -1.90. The molecule has 0 aromatic heterocycles. The molecule has 1 heterocycles. The second-order valence-electron chi connectivity index (χ2n) is 6.29. The Morgan fingerprint density at radius 2 is 1.76 bits per heavy atom. The first-order valence-corrected chi connectivity index (χ1v) is 8.20. The number of nitriles is 1. The van der Waals surface area contributed by atoms with Crippen LogP contribution in [0, 0.1) is 23.2 Å². The van der Waals surface area contributed by atoms with Crippen LogP contribution in [0.25, 0.3) is 0 Å². The van der Waals surface area contributed by atoms with Gasteiger partial charge in [0.15, 0.2) is 0 Å². The molecule has 1 fully saturated rings. The van der Waals surface area contributed by atoms with Gasteiger partial charge in [-0.1, -0.05) is 24.3 Å². The lowest BCUT2D eigenvalue weighted by atomic mass is 9.85. The summed E-state index contributed by atoms with van der Waals surface area (Å²) >= 11 is 0. The maximum Gasteiger partial charge on any atom is 0.329 e. The van der Waals surface area contributed by atoms with Crippen LogP contribution in [0.4, 0.5) is 0 Å². The first-order valence-electron chi connectivity index (χ1n) is 8.20. The average Bonchev–Trinajstić information content (AvgIpc) is 2.90. The van der Waals surface area contributed by atoms with Crippen LogP contribution < -0.4 is 0 Å². The topological polar surface area (TPSA) is 87.5 Å². The highest BCUT2D eigenvalue weighted by molar-refractivity contribution is 6.08. The number of esters is 1. The van der Waals surface area contributed by atoms with Crippen molar-refractivity contribution in [3.63, 3.8) is 0 Å². The molecule has 25 heavy (non-hydrogen) atoms. The third-order valence-electron chi connectivity index (χ3n) is 4.73. The van der Waals surface area contributed by atoms with E-state index in [1.807, 2.05) is 18.2 Å². The van der Waals surface area contributed by atoms with Crippen molar-refractivity contribution >= 4 is 17.8 Å². The Kier molecular flexibility index (Phi) is 4.66. The molecule has 0 saturated carbocycles. The SMILES string of the molecule is C[C@@H](C(=O)OCc1ccc(C#N)cc1)N1C(=O)[C@H]2CC=CC[C@H]2C1=O. The molecule has 2 aliphatic rings. The smallest absolute Gasteiger partial charge is 0.329 e. The van der Waals surface area contributed by atoms with Crippen LogP contribution in [0.1, 0.15) is 30.9 Å². The van der Waals surface area contributed by atoms with Gasteiger partial charge in [0.05, 0.1) is 23.5 Å². The molecule has 1 aliphatic carbocycles. The van der Waals surface area contributed by atoms with Gasteiger partial charge in [0, 0.05) is 0 Å². The van der Waals surface area contributed by atoms with E-state index in [1.54, 1.807) is 24.3 Å². The van der Waals surface area contributed by atoms with Crippen molar-refractivity contribution in [3.8, 4) is 6.07 Å². The molecule has 1 aromatic carbocycles. The van der Waals surface area contributed by atoms with E-state index >= 15 is 0 Å². The fraction of sp³-hybridized carbons (Fsp3) is 0.368. The lowest BCUT2D eigenvalue weighted by molar-refractivity contribution is -0.159. The molecule has 0 spiro atoms. The van der Waals surface area contributed by atoms with E-state index in [0.717, 1.165) is 10.5 Å². The summed E-state index contributed by atoms with van der Waals surface area (Å²) in [6.07, 6.45) is 4.89. The van der Waals surface area contributed by atoms with Crippen LogP contribution in [-0.2, 0) is 25.7 Å². The highest BCUT2D eigenvalue weighted by atomic mass is 16.5. The quantitative estimate of drug-likeness (QED) is 0.476. The second kappa shape index (κ2) is 6.89. The zero-order valence-corrected chi connectivity index (χ0v) is 13.8. The number of hydrogen-bond acceptors (Lipinski definition) is 5. The molecule has 0 radical (unpaired) electrons. The molecule has 6 nitrogen and oxygen atoms in total. The number of allylic oxidation sites excluding steroid dienone is 2. The molecule has 3 atom stereocenters. The zero-order valence-electron chi connectivity index (χ0n) is 13.8. The van der Waals surface area contributed by atoms with Crippen LogP contribution in [0.3, 0.4) is 0 Å². The van der Waals surface area contributed by atoms with E-state index in [-0.39, 0.29) is 30.3 Å². The molecule has 1 aromatic rings. The molecule has 3 rings (SSSR count). The Balaban J connectivity index is 1.63. The minimum atomic E-state index is -0.941. The van der Waals surface area contributed by atoms with Gasteiger partial charge in [-0.15, -0.1) is 0 Å². The summed E-state index contributed by atoms with van der Waals surface area (Å²) in [6.45, 7) is 1.54. The Morgan fingerprint density at radius 1 is 1.20 bits per heavy atom. The van der Waals surface area contributed by atoms with Crippen LogP contribution in [0.2, 0.25) is 0 Å². The first-order chi connectivity index (χ1) is 12.0. The fourth-order valence-corrected chi connectivity index (χ4v) is 3.26. The van der Waals surface area contributed by atoms with Gasteiger partial charge in [0.2, 0.25) is 11.8 Å². The number of fused-ring (bicyclic) bond motifs is 1. The molecular weight excluding hydrogens is 320 g/mol. The van der Waals surface area contributed by atoms with Crippen molar-refractivity contribution in [1.82, 2.24) is 4.90 Å². The number of carbonyl (C=O) groups is 3. The van der Waals surface area contributed by atoms with Gasteiger partial charge in [-0.25, -0.2) is 4.79 Å². The van der Waals surface area contributed by atoms with E-state index in [9.17, 15) is 14.4 Å². The van der Waals surface area contributed by atoms with E-state index in [2.05, 4.69) is 0 Å². The van der Waals surface area contributed by atoms with E-state index < -0.39 is 12.0 Å². The lowest BCUT2D eigenvalue weighted by Crippen LogP contribution is -2.44. The predicted molar refractivity (Wildman–Crippen MR) is 87.6 cm³/mol. The minimum absolute atomic E-state index is 0.0273. The number of nitrogens with zero attached hydrogens (tertiary/aromatic N) is 2. The molecule has 0 unspecified atom stereocenters. The highest BCUT2D eigenvalue weighted by Gasteiger charge is 2.50. The standard InChI is InChI=1S/C19H18N2O4/c1-12(19(24)25-11-14-8-6-13(10-20)7-9-14)21-17(22)15-4-2-3-5-16(15)18(21)23/h2-3,6-9,12,15-16H,4-5,11H2,1H3/t12-,15-,16+/m0/s1. The van der Waals surface area contributed by atoms with E-state index in [4.69, 9.17) is 10.00 Å². The third-order valence-corrected chi connectivity index (χ3v) is 4.73. The summed E-state index contributed by atoms with van der Waals surface area (Å²) in [4.78, 5) is 38.3. The van der Waals surface area contributed by atoms with Gasteiger partial charge in [-0.3, -0.25) is 14.5 Å². The number of benzene rings is 1. The Bertz CT molecular complexity index is 750. The monoisotopic (exact) mass is 338 g/mol. The maximum atomic E-state index is 12.5. The van der Waals surface area contributed by atoms with Crippen molar-refractivity contribution in [2.45, 2.75) is 32.4 Å². The van der Waals surface area contributed by atoms with Crippen molar-refractivity contribution < 1.29 is 19.1 Å². The number of ether oxygens (including phenoxy) is 1. The molecular formula is C19H18N2O4. The van der Waals surface area contributed by atoms with E-state index in [0.29, 0.717) is 18.4 Å². The van der Waals surface area contributed by atoms with Gasteiger partial charge >= 0.3 is 5.97 Å². The summed E-state index contributed by atoms with van der Waals surface area (Å²) in [5.41, 5.74) is 1.25. The summed E-state index contributed by atoms with van der Waals surface area (Å²) in [7, 11) is 0. The predicted octanol–water partition coefficient (Wildman–Crippen LogP) is 1.94. The van der Waals surface area contributed by atoms with Crippen molar-refractivity contribution in [2.24, 2.45) is 11.8 Å². The molecule has 1 aliphatic heterocycles. The van der Waals surface area contributed by atoms with Crippen molar-refractivity contribution in [1.29, 1.82) is 5.26 Å². The summed E-state index contributed by atoms with van der Waals surface area (Å²) in [5, 5.41) is 8.77. The number of likely N-dealkylation sites (tertiary alicyclic amines) is 1. The third kappa shape index (κ3) is 3.18. The molecule has 128 valence electrons. The highest BCUT2D eigenvalue weighted by Crippen LogP contribution is 2.36. The number of hydrogen-bond donors (Lipinski definition) is 0. The van der Waals surface area contributed by atoms with E-state index in [1.165, 1.54) is 6.92 Å². The van der Waals surface area contributed by atoms with Gasteiger partial charge in [-0.2, -0.15) is 5.26 Å². The molecule has 0 N–H and O–H groups in total. The number of amides is 2. The maximum absolute atomic E-state index is 12.5. The van der Waals surface area contributed by atoms with Gasteiger partial charge in [0.1, 0.15) is 12.6 Å². The summed E-state index contributed by atoms with van der Waals surface area (Å²) in [6, 6.07) is 7.74. The fourth-order valence-electron chi connectivity index (χ4n) is 3.26. The number of rotatable bonds is 4. The first kappa shape index (κ1) is 16.9. The largest absolute Gasteiger partial charge is 0.459 e. The van der Waals surface area contributed by atoms with Crippen LogP contribution in [-0.4, -0.2) is 28.7 Å². The van der Waals surface area contributed by atoms with Gasteiger partial charge in [-0.05, 0) is 37.5 Å². The Hall–Kier alpha value is -2.94. The molecule has 6 heteroatoms. The minimum Gasteiger partial charge on any atom is -0.459 e. The summed E-state index contributed by atoms with van der Waals surface area (Å²) < 4.78 is 5.24. The van der Waals surface area contributed by atoms with Crippen LogP contribution in [0.5, 0.6) is 0 Å². The second-order valence-corrected chi connectivity index (χ2v) is 6.29.